The van der Waals surface area contributed by atoms with Crippen molar-refractivity contribution < 1.29 is 14.6 Å². The lowest BCUT2D eigenvalue weighted by Crippen LogP contribution is -2.16. The average Bonchev–Trinajstić information content (AvgIpc) is 2.27. The fourth-order valence-electron chi connectivity index (χ4n) is 1.21. The molecule has 0 radical (unpaired) electrons. The third-order valence-corrected chi connectivity index (χ3v) is 2.00. The van der Waals surface area contributed by atoms with Gasteiger partial charge in [-0.05, 0) is 25.2 Å². The average molecular weight is 197 g/mol. The number of hydrogen-bond acceptors (Lipinski definition) is 4. The van der Waals surface area contributed by atoms with Crippen LogP contribution in [-0.2, 0) is 0 Å². The second-order valence-corrected chi connectivity index (χ2v) is 2.80. The summed E-state index contributed by atoms with van der Waals surface area (Å²) in [6.07, 6.45) is -0.750. The highest BCUT2D eigenvalue weighted by atomic mass is 16.5. The van der Waals surface area contributed by atoms with Crippen LogP contribution in [0.3, 0.4) is 0 Å². The first kappa shape index (κ1) is 10.8. The van der Waals surface area contributed by atoms with Crippen LogP contribution in [-0.4, -0.2) is 26.4 Å². The van der Waals surface area contributed by atoms with Gasteiger partial charge in [0.1, 0.15) is 17.7 Å². The van der Waals surface area contributed by atoms with Crippen LogP contribution >= 0.6 is 0 Å². The molecule has 78 valence electrons. The third-order valence-electron chi connectivity index (χ3n) is 2.00. The Morgan fingerprint density at radius 3 is 2.50 bits per heavy atom. The predicted octanol–water partition coefficient (Wildman–Crippen LogP) is 0.914. The van der Waals surface area contributed by atoms with Gasteiger partial charge in [-0.3, -0.25) is 5.32 Å². The fourth-order valence-corrected chi connectivity index (χ4v) is 1.21. The SMILES string of the molecule is CNC(O)c1cc(OC)ccc1OC. The highest BCUT2D eigenvalue weighted by Crippen LogP contribution is 2.27. The van der Waals surface area contributed by atoms with E-state index < -0.39 is 6.23 Å². The monoisotopic (exact) mass is 197 g/mol. The van der Waals surface area contributed by atoms with Crippen molar-refractivity contribution in [3.63, 3.8) is 0 Å². The Hall–Kier alpha value is -1.26. The van der Waals surface area contributed by atoms with Crippen molar-refractivity contribution >= 4 is 0 Å². The number of benzene rings is 1. The van der Waals surface area contributed by atoms with Crippen LogP contribution in [0.25, 0.3) is 0 Å². The maximum atomic E-state index is 9.61. The van der Waals surface area contributed by atoms with E-state index in [0.717, 1.165) is 0 Å². The maximum absolute atomic E-state index is 9.61. The van der Waals surface area contributed by atoms with Gasteiger partial charge in [-0.25, -0.2) is 0 Å². The molecule has 4 heteroatoms. The topological polar surface area (TPSA) is 50.7 Å². The molecule has 14 heavy (non-hydrogen) atoms. The number of ether oxygens (including phenoxy) is 2. The summed E-state index contributed by atoms with van der Waals surface area (Å²) in [7, 11) is 4.81. The van der Waals surface area contributed by atoms with Crippen LogP contribution in [0.5, 0.6) is 11.5 Å². The fraction of sp³-hybridized carbons (Fsp3) is 0.400. The van der Waals surface area contributed by atoms with E-state index in [1.165, 1.54) is 0 Å². The smallest absolute Gasteiger partial charge is 0.134 e. The van der Waals surface area contributed by atoms with Crippen LogP contribution in [0.1, 0.15) is 11.8 Å². The lowest BCUT2D eigenvalue weighted by Gasteiger charge is -2.14. The summed E-state index contributed by atoms with van der Waals surface area (Å²) < 4.78 is 10.2. The maximum Gasteiger partial charge on any atom is 0.134 e. The Labute approximate surface area is 83.5 Å². The molecule has 0 aliphatic heterocycles. The van der Waals surface area contributed by atoms with E-state index in [2.05, 4.69) is 5.32 Å². The van der Waals surface area contributed by atoms with Crippen LogP contribution < -0.4 is 14.8 Å². The molecular weight excluding hydrogens is 182 g/mol. The molecule has 0 amide bonds. The van der Waals surface area contributed by atoms with Crippen molar-refractivity contribution in [1.82, 2.24) is 5.32 Å². The molecule has 0 aromatic heterocycles. The van der Waals surface area contributed by atoms with E-state index in [9.17, 15) is 5.11 Å². The van der Waals surface area contributed by atoms with Gasteiger partial charge in [-0.15, -0.1) is 0 Å². The zero-order chi connectivity index (χ0) is 10.6. The molecule has 0 aliphatic rings. The zero-order valence-corrected chi connectivity index (χ0v) is 8.57. The Bertz CT molecular complexity index is 301. The number of nitrogens with one attached hydrogen (secondary N) is 1. The largest absolute Gasteiger partial charge is 0.497 e. The Morgan fingerprint density at radius 1 is 1.29 bits per heavy atom. The number of methoxy groups -OCH3 is 2. The van der Waals surface area contributed by atoms with Gasteiger partial charge in [-0.1, -0.05) is 0 Å². The van der Waals surface area contributed by atoms with E-state index in [1.54, 1.807) is 39.5 Å². The first-order chi connectivity index (χ1) is 6.72. The minimum absolute atomic E-state index is 0.632. The first-order valence-electron chi connectivity index (χ1n) is 4.30. The first-order valence-corrected chi connectivity index (χ1v) is 4.30. The molecule has 0 aliphatic carbocycles. The standard InChI is InChI=1S/C10H15NO3/c1-11-10(12)8-6-7(13-2)4-5-9(8)14-3/h4-6,10-12H,1-3H3. The lowest BCUT2D eigenvalue weighted by molar-refractivity contribution is 0.145. The minimum Gasteiger partial charge on any atom is -0.497 e. The molecule has 1 aromatic carbocycles. The van der Waals surface area contributed by atoms with E-state index in [-0.39, 0.29) is 0 Å². The van der Waals surface area contributed by atoms with Crippen LogP contribution in [0.15, 0.2) is 18.2 Å². The lowest BCUT2D eigenvalue weighted by atomic mass is 10.1. The van der Waals surface area contributed by atoms with Crippen molar-refractivity contribution in [2.45, 2.75) is 6.23 Å². The summed E-state index contributed by atoms with van der Waals surface area (Å²) in [5, 5.41) is 12.3. The van der Waals surface area contributed by atoms with Crippen molar-refractivity contribution in [3.8, 4) is 11.5 Å². The summed E-state index contributed by atoms with van der Waals surface area (Å²) in [5.41, 5.74) is 0.661. The summed E-state index contributed by atoms with van der Waals surface area (Å²) in [4.78, 5) is 0. The Balaban J connectivity index is 3.08. The van der Waals surface area contributed by atoms with Gasteiger partial charge in [0.25, 0.3) is 0 Å². The van der Waals surface area contributed by atoms with Gasteiger partial charge in [-0.2, -0.15) is 0 Å². The Morgan fingerprint density at radius 2 is 2.00 bits per heavy atom. The van der Waals surface area contributed by atoms with E-state index in [0.29, 0.717) is 17.1 Å². The van der Waals surface area contributed by atoms with Gasteiger partial charge >= 0.3 is 0 Å². The van der Waals surface area contributed by atoms with E-state index in [1.807, 2.05) is 0 Å². The van der Waals surface area contributed by atoms with E-state index >= 15 is 0 Å². The van der Waals surface area contributed by atoms with Gasteiger partial charge in [0.05, 0.1) is 14.2 Å². The minimum atomic E-state index is -0.750. The molecular formula is C10H15NO3. The molecule has 1 aromatic rings. The number of aliphatic hydroxyl groups is 1. The van der Waals surface area contributed by atoms with E-state index in [4.69, 9.17) is 9.47 Å². The third kappa shape index (κ3) is 2.16. The molecule has 2 N–H and O–H groups in total. The normalized spacial score (nSPS) is 12.3. The second-order valence-electron chi connectivity index (χ2n) is 2.80. The summed E-state index contributed by atoms with van der Waals surface area (Å²) in [5.74, 6) is 1.32. The van der Waals surface area contributed by atoms with Gasteiger partial charge in [0.2, 0.25) is 0 Å². The molecule has 0 heterocycles. The Kier molecular flexibility index (Phi) is 3.73. The molecule has 0 bridgehead atoms. The molecule has 1 rings (SSSR count). The predicted molar refractivity (Wildman–Crippen MR) is 53.6 cm³/mol. The molecule has 0 saturated carbocycles. The highest BCUT2D eigenvalue weighted by molar-refractivity contribution is 5.41. The number of hydrogen-bond donors (Lipinski definition) is 2. The highest BCUT2D eigenvalue weighted by Gasteiger charge is 2.11. The number of aliphatic hydroxyl groups excluding tert-OH is 1. The van der Waals surface area contributed by atoms with Crippen LogP contribution in [0.2, 0.25) is 0 Å². The second kappa shape index (κ2) is 4.83. The molecule has 0 saturated heterocycles. The molecule has 1 unspecified atom stereocenters. The summed E-state index contributed by atoms with van der Waals surface area (Å²) in [6, 6.07) is 5.28. The molecule has 0 spiro atoms. The van der Waals surface area contributed by atoms with Crippen LogP contribution in [0.4, 0.5) is 0 Å². The van der Waals surface area contributed by atoms with Crippen molar-refractivity contribution in [1.29, 1.82) is 0 Å². The molecule has 0 fully saturated rings. The van der Waals surface area contributed by atoms with Gasteiger partial charge < -0.3 is 14.6 Å². The van der Waals surface area contributed by atoms with Gasteiger partial charge in [0, 0.05) is 5.56 Å². The van der Waals surface area contributed by atoms with Crippen molar-refractivity contribution in [3.05, 3.63) is 23.8 Å². The van der Waals surface area contributed by atoms with Gasteiger partial charge in [0.15, 0.2) is 0 Å². The van der Waals surface area contributed by atoms with Crippen molar-refractivity contribution in [2.24, 2.45) is 0 Å². The molecule has 1 atom stereocenters. The number of rotatable bonds is 4. The van der Waals surface area contributed by atoms with Crippen molar-refractivity contribution in [2.75, 3.05) is 21.3 Å². The quantitative estimate of drug-likeness (QED) is 0.704. The summed E-state index contributed by atoms with van der Waals surface area (Å²) >= 11 is 0. The molecule has 4 nitrogen and oxygen atoms in total. The zero-order valence-electron chi connectivity index (χ0n) is 8.57. The summed E-state index contributed by atoms with van der Waals surface area (Å²) in [6.45, 7) is 0. The van der Waals surface area contributed by atoms with Crippen LogP contribution in [0, 0.1) is 0 Å².